The maximum Gasteiger partial charge on any atom is 0.146 e. The fraction of sp³-hybridized carbons (Fsp3) is 0.111. The molecule has 5 heteroatoms. The van der Waals surface area contributed by atoms with Crippen LogP contribution in [0, 0.1) is 19.7 Å². The summed E-state index contributed by atoms with van der Waals surface area (Å²) in [5.41, 5.74) is 2.51. The highest BCUT2D eigenvalue weighted by molar-refractivity contribution is 5.63. The van der Waals surface area contributed by atoms with Crippen molar-refractivity contribution in [3.8, 4) is 0 Å². The summed E-state index contributed by atoms with van der Waals surface area (Å²) in [5.74, 6) is 1.47. The quantitative estimate of drug-likeness (QED) is 0.732. The number of hydrogen-bond donors (Lipinski definition) is 2. The monoisotopic (exact) mass is 308 g/mol. The van der Waals surface area contributed by atoms with E-state index in [2.05, 4.69) is 20.6 Å². The molecule has 0 saturated carbocycles. The van der Waals surface area contributed by atoms with Crippen molar-refractivity contribution in [1.29, 1.82) is 0 Å². The smallest absolute Gasteiger partial charge is 0.146 e. The molecule has 23 heavy (non-hydrogen) atoms. The van der Waals surface area contributed by atoms with Crippen LogP contribution in [0.4, 0.5) is 27.4 Å². The molecule has 0 aliphatic rings. The Balaban J connectivity index is 1.84. The molecular weight excluding hydrogens is 291 g/mol. The minimum absolute atomic E-state index is 0.322. The molecule has 0 amide bonds. The first kappa shape index (κ1) is 15.0. The van der Waals surface area contributed by atoms with Crippen molar-refractivity contribution in [3.05, 3.63) is 71.8 Å². The molecule has 1 heterocycles. The lowest BCUT2D eigenvalue weighted by Gasteiger charge is -2.11. The molecule has 0 aliphatic heterocycles. The molecule has 3 rings (SSSR count). The van der Waals surface area contributed by atoms with E-state index in [1.165, 1.54) is 11.6 Å². The van der Waals surface area contributed by atoms with Gasteiger partial charge in [0.2, 0.25) is 0 Å². The van der Waals surface area contributed by atoms with E-state index in [9.17, 15) is 4.39 Å². The Hall–Kier alpha value is -2.95. The van der Waals surface area contributed by atoms with Crippen molar-refractivity contribution in [3.63, 3.8) is 0 Å². The first-order chi connectivity index (χ1) is 11.1. The number of rotatable bonds is 4. The predicted octanol–water partition coefficient (Wildman–Crippen LogP) is 4.72. The molecule has 0 bridgehead atoms. The molecule has 0 atom stereocenters. The Morgan fingerprint density at radius 2 is 1.48 bits per heavy atom. The summed E-state index contributed by atoms with van der Waals surface area (Å²) in [6.07, 6.45) is 0. The predicted molar refractivity (Wildman–Crippen MR) is 90.9 cm³/mol. The molecule has 2 N–H and O–H groups in total. The number of benzene rings is 2. The minimum Gasteiger partial charge on any atom is -0.340 e. The molecule has 3 aromatic rings. The van der Waals surface area contributed by atoms with Crippen LogP contribution in [0.15, 0.2) is 54.6 Å². The first-order valence-corrected chi connectivity index (χ1v) is 7.31. The van der Waals surface area contributed by atoms with Gasteiger partial charge in [-0.1, -0.05) is 29.8 Å². The Kier molecular flexibility index (Phi) is 4.19. The zero-order valence-corrected chi connectivity index (χ0v) is 13.0. The van der Waals surface area contributed by atoms with Gasteiger partial charge in [0.05, 0.1) is 5.69 Å². The summed E-state index contributed by atoms with van der Waals surface area (Å²) in [6.45, 7) is 3.84. The number of para-hydroxylation sites is 1. The number of hydrogen-bond acceptors (Lipinski definition) is 4. The van der Waals surface area contributed by atoms with Gasteiger partial charge in [-0.2, -0.15) is 0 Å². The summed E-state index contributed by atoms with van der Waals surface area (Å²) in [7, 11) is 0. The number of nitrogens with one attached hydrogen (secondary N) is 2. The molecule has 116 valence electrons. The van der Waals surface area contributed by atoms with Gasteiger partial charge in [0.15, 0.2) is 0 Å². The van der Waals surface area contributed by atoms with Crippen LogP contribution in [0.2, 0.25) is 0 Å². The van der Waals surface area contributed by atoms with Gasteiger partial charge in [-0.3, -0.25) is 0 Å². The maximum absolute atomic E-state index is 13.7. The van der Waals surface area contributed by atoms with Crippen molar-refractivity contribution >= 4 is 23.0 Å². The Bertz CT molecular complexity index is 816. The van der Waals surface area contributed by atoms with E-state index in [4.69, 9.17) is 0 Å². The highest BCUT2D eigenvalue weighted by atomic mass is 19.1. The van der Waals surface area contributed by atoms with Crippen LogP contribution in [0.3, 0.4) is 0 Å². The number of aryl methyl sites for hydroxylation is 2. The second-order valence-electron chi connectivity index (χ2n) is 5.28. The lowest BCUT2D eigenvalue weighted by Crippen LogP contribution is -2.02. The van der Waals surface area contributed by atoms with E-state index in [0.29, 0.717) is 23.1 Å². The van der Waals surface area contributed by atoms with E-state index in [1.54, 1.807) is 31.2 Å². The third-order valence-corrected chi connectivity index (χ3v) is 3.30. The lowest BCUT2D eigenvalue weighted by molar-refractivity contribution is 0.632. The molecule has 0 spiro atoms. The van der Waals surface area contributed by atoms with Gasteiger partial charge < -0.3 is 10.6 Å². The van der Waals surface area contributed by atoms with Crippen LogP contribution >= 0.6 is 0 Å². The molecule has 4 nitrogen and oxygen atoms in total. The van der Waals surface area contributed by atoms with E-state index >= 15 is 0 Å². The summed E-state index contributed by atoms with van der Waals surface area (Å²) >= 11 is 0. The third-order valence-electron chi connectivity index (χ3n) is 3.30. The molecule has 0 radical (unpaired) electrons. The molecule has 1 aromatic heterocycles. The van der Waals surface area contributed by atoms with Crippen molar-refractivity contribution in [2.75, 3.05) is 10.6 Å². The normalized spacial score (nSPS) is 10.4. The average molecular weight is 308 g/mol. The number of aromatic nitrogens is 2. The van der Waals surface area contributed by atoms with Crippen LogP contribution in [0.1, 0.15) is 11.4 Å². The van der Waals surface area contributed by atoms with Crippen LogP contribution in [-0.2, 0) is 0 Å². The van der Waals surface area contributed by atoms with Crippen LogP contribution in [0.25, 0.3) is 0 Å². The maximum atomic E-state index is 13.7. The molecule has 0 saturated heterocycles. The summed E-state index contributed by atoms with van der Waals surface area (Å²) in [4.78, 5) is 8.66. The van der Waals surface area contributed by atoms with Crippen molar-refractivity contribution < 1.29 is 4.39 Å². The first-order valence-electron chi connectivity index (χ1n) is 7.31. The van der Waals surface area contributed by atoms with Crippen molar-refractivity contribution in [2.45, 2.75) is 13.8 Å². The Morgan fingerprint density at radius 1 is 0.826 bits per heavy atom. The van der Waals surface area contributed by atoms with Crippen molar-refractivity contribution in [2.24, 2.45) is 0 Å². The summed E-state index contributed by atoms with van der Waals surface area (Å²) in [5, 5.41) is 6.21. The zero-order valence-electron chi connectivity index (χ0n) is 13.0. The lowest BCUT2D eigenvalue weighted by atomic mass is 10.2. The molecule has 2 aromatic carbocycles. The fourth-order valence-corrected chi connectivity index (χ4v) is 2.18. The number of halogens is 1. The molecule has 0 unspecified atom stereocenters. The van der Waals surface area contributed by atoms with Gasteiger partial charge in [0.25, 0.3) is 0 Å². The fourth-order valence-electron chi connectivity index (χ4n) is 2.18. The van der Waals surface area contributed by atoms with Gasteiger partial charge in [-0.25, -0.2) is 14.4 Å². The largest absolute Gasteiger partial charge is 0.340 e. The molecule has 0 fully saturated rings. The number of nitrogens with zero attached hydrogens (tertiary/aromatic N) is 2. The second-order valence-corrected chi connectivity index (χ2v) is 5.28. The van der Waals surface area contributed by atoms with E-state index in [0.717, 1.165) is 5.69 Å². The zero-order chi connectivity index (χ0) is 16.2. The van der Waals surface area contributed by atoms with Crippen LogP contribution in [0.5, 0.6) is 0 Å². The van der Waals surface area contributed by atoms with Crippen molar-refractivity contribution in [1.82, 2.24) is 9.97 Å². The van der Waals surface area contributed by atoms with E-state index in [1.807, 2.05) is 31.2 Å². The van der Waals surface area contributed by atoms with Gasteiger partial charge in [0, 0.05) is 11.8 Å². The van der Waals surface area contributed by atoms with Gasteiger partial charge >= 0.3 is 0 Å². The van der Waals surface area contributed by atoms with Crippen LogP contribution in [-0.4, -0.2) is 9.97 Å². The molecule has 0 aliphatic carbocycles. The second kappa shape index (κ2) is 6.44. The van der Waals surface area contributed by atoms with E-state index in [-0.39, 0.29) is 5.82 Å². The third kappa shape index (κ3) is 3.83. The topological polar surface area (TPSA) is 49.8 Å². The molecular formula is C18H17FN4. The van der Waals surface area contributed by atoms with Crippen LogP contribution < -0.4 is 10.6 Å². The van der Waals surface area contributed by atoms with Gasteiger partial charge in [-0.15, -0.1) is 0 Å². The Morgan fingerprint density at radius 3 is 2.17 bits per heavy atom. The number of anilines is 4. The van der Waals surface area contributed by atoms with Gasteiger partial charge in [-0.05, 0) is 38.1 Å². The average Bonchev–Trinajstić information content (AvgIpc) is 2.51. The highest BCUT2D eigenvalue weighted by Gasteiger charge is 2.06. The SMILES string of the molecule is Cc1ccc(Nc2cc(Nc3ccccc3F)nc(C)n2)cc1. The Labute approximate surface area is 134 Å². The minimum atomic E-state index is -0.322. The van der Waals surface area contributed by atoms with E-state index < -0.39 is 0 Å². The standard InChI is InChI=1S/C18H17FN4/c1-12-7-9-14(10-8-12)22-17-11-18(21-13(2)20-17)23-16-6-4-3-5-15(16)19/h3-11H,1-2H3,(H2,20,21,22,23). The highest BCUT2D eigenvalue weighted by Crippen LogP contribution is 2.22. The van der Waals surface area contributed by atoms with Gasteiger partial charge in [0.1, 0.15) is 23.3 Å². The summed E-state index contributed by atoms with van der Waals surface area (Å²) in [6, 6.07) is 16.2. The summed E-state index contributed by atoms with van der Waals surface area (Å²) < 4.78 is 13.7.